The molecule has 5 nitrogen and oxygen atoms in total. The number of nitrogens with one attached hydrogen (secondary N) is 2. The van der Waals surface area contributed by atoms with E-state index in [1.807, 2.05) is 0 Å². The smallest absolute Gasteiger partial charge is 0.271 e. The Labute approximate surface area is 165 Å². The highest BCUT2D eigenvalue weighted by molar-refractivity contribution is 7.94. The molecule has 2 N–H and O–H groups in total. The summed E-state index contributed by atoms with van der Waals surface area (Å²) in [5, 5.41) is 4.28. The van der Waals surface area contributed by atoms with Gasteiger partial charge in [-0.25, -0.2) is 17.2 Å². The number of amides is 1. The molecule has 28 heavy (non-hydrogen) atoms. The Balaban J connectivity index is 1.68. The maximum absolute atomic E-state index is 13.8. The van der Waals surface area contributed by atoms with Gasteiger partial charge in [-0.1, -0.05) is 12.1 Å². The van der Waals surface area contributed by atoms with Gasteiger partial charge in [-0.2, -0.15) is 0 Å². The summed E-state index contributed by atoms with van der Waals surface area (Å²) in [4.78, 5) is 12.3. The molecule has 0 aliphatic rings. The molecular weight excluding hydrogens is 406 g/mol. The van der Waals surface area contributed by atoms with Crippen molar-refractivity contribution in [3.05, 3.63) is 82.7 Å². The Kier molecular flexibility index (Phi) is 5.76. The minimum absolute atomic E-state index is 0.162. The van der Waals surface area contributed by atoms with Gasteiger partial charge in [-0.05, 0) is 48.7 Å². The molecular formula is C19H16F2N2O3S2. The summed E-state index contributed by atoms with van der Waals surface area (Å²) >= 11 is 1.10. The van der Waals surface area contributed by atoms with Crippen molar-refractivity contribution in [3.63, 3.8) is 0 Å². The lowest BCUT2D eigenvalue weighted by Crippen LogP contribution is -2.27. The summed E-state index contributed by atoms with van der Waals surface area (Å²) in [6.45, 7) is 1.58. The molecule has 0 spiro atoms. The molecule has 1 unspecified atom stereocenters. The average Bonchev–Trinajstić information content (AvgIpc) is 3.17. The number of hydrogen-bond acceptors (Lipinski definition) is 4. The molecule has 0 saturated carbocycles. The largest absolute Gasteiger partial charge is 0.345 e. The van der Waals surface area contributed by atoms with Gasteiger partial charge in [0.1, 0.15) is 15.8 Å². The third-order valence-electron chi connectivity index (χ3n) is 3.94. The molecule has 1 aromatic heterocycles. The first-order valence-electron chi connectivity index (χ1n) is 8.18. The third-order valence-corrected chi connectivity index (χ3v) is 6.71. The van der Waals surface area contributed by atoms with Gasteiger partial charge in [0.25, 0.3) is 15.9 Å². The number of carbonyl (C=O) groups excluding carboxylic acids is 1. The Morgan fingerprint density at radius 2 is 1.79 bits per heavy atom. The van der Waals surface area contributed by atoms with Crippen LogP contribution in [0.4, 0.5) is 14.5 Å². The predicted molar refractivity (Wildman–Crippen MR) is 104 cm³/mol. The first kappa shape index (κ1) is 20.0. The number of rotatable bonds is 6. The minimum atomic E-state index is -3.67. The lowest BCUT2D eigenvalue weighted by molar-refractivity contribution is 0.0939. The van der Waals surface area contributed by atoms with Crippen LogP contribution in [0.5, 0.6) is 0 Å². The van der Waals surface area contributed by atoms with Crippen LogP contribution < -0.4 is 10.0 Å². The normalized spacial score (nSPS) is 12.4. The molecule has 0 aliphatic carbocycles. The Bertz CT molecular complexity index is 1080. The number of benzene rings is 2. The highest BCUT2D eigenvalue weighted by Crippen LogP contribution is 2.21. The predicted octanol–water partition coefficient (Wildman–Crippen LogP) is 4.32. The van der Waals surface area contributed by atoms with Gasteiger partial charge in [0.2, 0.25) is 0 Å². The molecule has 3 aromatic rings. The van der Waals surface area contributed by atoms with E-state index in [0.717, 1.165) is 23.5 Å². The van der Waals surface area contributed by atoms with Gasteiger partial charge in [0, 0.05) is 22.9 Å². The number of anilines is 1. The van der Waals surface area contributed by atoms with Crippen LogP contribution in [0.1, 0.15) is 28.9 Å². The van der Waals surface area contributed by atoms with Gasteiger partial charge in [-0.15, -0.1) is 11.3 Å². The summed E-state index contributed by atoms with van der Waals surface area (Å²) in [5.41, 5.74) is 0.742. The van der Waals surface area contributed by atoms with Crippen molar-refractivity contribution in [1.29, 1.82) is 0 Å². The molecule has 1 atom stereocenters. The fourth-order valence-corrected chi connectivity index (χ4v) is 4.57. The maximum atomic E-state index is 13.8. The van der Waals surface area contributed by atoms with Gasteiger partial charge >= 0.3 is 0 Å². The number of sulfonamides is 1. The van der Waals surface area contributed by atoms with Crippen molar-refractivity contribution < 1.29 is 22.0 Å². The molecule has 9 heteroatoms. The molecule has 0 saturated heterocycles. The zero-order valence-corrected chi connectivity index (χ0v) is 16.3. The summed E-state index contributed by atoms with van der Waals surface area (Å²) < 4.78 is 53.8. The van der Waals surface area contributed by atoms with Gasteiger partial charge in [0.15, 0.2) is 0 Å². The van der Waals surface area contributed by atoms with Crippen molar-refractivity contribution in [2.45, 2.75) is 17.2 Å². The average molecular weight is 422 g/mol. The van der Waals surface area contributed by atoms with Crippen LogP contribution in [0.2, 0.25) is 0 Å². The first-order chi connectivity index (χ1) is 13.3. The fourth-order valence-electron chi connectivity index (χ4n) is 2.52. The van der Waals surface area contributed by atoms with Crippen molar-refractivity contribution in [2.24, 2.45) is 0 Å². The van der Waals surface area contributed by atoms with E-state index in [4.69, 9.17) is 0 Å². The molecule has 3 rings (SSSR count). The Morgan fingerprint density at radius 1 is 1.07 bits per heavy atom. The highest BCUT2D eigenvalue weighted by Gasteiger charge is 2.17. The number of thiophene rings is 1. The molecule has 0 radical (unpaired) electrons. The molecule has 0 bridgehead atoms. The molecule has 146 valence electrons. The lowest BCUT2D eigenvalue weighted by atomic mass is 10.1. The van der Waals surface area contributed by atoms with E-state index < -0.39 is 33.6 Å². The van der Waals surface area contributed by atoms with Crippen molar-refractivity contribution in [3.8, 4) is 0 Å². The molecule has 2 aromatic carbocycles. The van der Waals surface area contributed by atoms with Gasteiger partial charge in [0.05, 0.1) is 6.04 Å². The monoisotopic (exact) mass is 422 g/mol. The fraction of sp³-hybridized carbons (Fsp3) is 0.105. The van der Waals surface area contributed by atoms with Gasteiger partial charge < -0.3 is 5.32 Å². The van der Waals surface area contributed by atoms with E-state index in [1.54, 1.807) is 18.4 Å². The number of halogens is 2. The van der Waals surface area contributed by atoms with E-state index in [9.17, 15) is 22.0 Å². The van der Waals surface area contributed by atoms with Crippen LogP contribution >= 0.6 is 11.3 Å². The standard InChI is InChI=1S/C19H16F2N2O3S2/c1-12(16-9-6-14(20)11-17(16)21)22-19(24)13-4-7-15(8-5-13)23-28(25,26)18-3-2-10-27-18/h2-12,23H,1H3,(H,22,24). The summed E-state index contributed by atoms with van der Waals surface area (Å²) in [5.74, 6) is -1.91. The van der Waals surface area contributed by atoms with Crippen LogP contribution in [0.25, 0.3) is 0 Å². The van der Waals surface area contributed by atoms with Crippen LogP contribution in [0.15, 0.2) is 64.2 Å². The Hall–Kier alpha value is -2.78. The van der Waals surface area contributed by atoms with Crippen LogP contribution in [0, 0.1) is 11.6 Å². The SMILES string of the molecule is CC(NC(=O)c1ccc(NS(=O)(=O)c2cccs2)cc1)c1ccc(F)cc1F. The van der Waals surface area contributed by atoms with Crippen LogP contribution in [-0.4, -0.2) is 14.3 Å². The zero-order chi connectivity index (χ0) is 20.3. The molecule has 1 amide bonds. The lowest BCUT2D eigenvalue weighted by Gasteiger charge is -2.15. The number of carbonyl (C=O) groups is 1. The second kappa shape index (κ2) is 8.07. The minimum Gasteiger partial charge on any atom is -0.345 e. The van der Waals surface area contributed by atoms with Crippen molar-refractivity contribution >= 4 is 33.0 Å². The van der Waals surface area contributed by atoms with Gasteiger partial charge in [-0.3, -0.25) is 9.52 Å². The van der Waals surface area contributed by atoms with Crippen molar-refractivity contribution in [1.82, 2.24) is 5.32 Å². The van der Waals surface area contributed by atoms with E-state index in [-0.39, 0.29) is 15.3 Å². The summed E-state index contributed by atoms with van der Waals surface area (Å²) in [6, 6.07) is 11.4. The third kappa shape index (κ3) is 4.55. The van der Waals surface area contributed by atoms with E-state index >= 15 is 0 Å². The molecule has 0 aliphatic heterocycles. The number of hydrogen-bond donors (Lipinski definition) is 2. The quantitative estimate of drug-likeness (QED) is 0.621. The second-order valence-electron chi connectivity index (χ2n) is 5.98. The maximum Gasteiger partial charge on any atom is 0.271 e. The van der Waals surface area contributed by atoms with E-state index in [2.05, 4.69) is 10.0 Å². The van der Waals surface area contributed by atoms with Crippen LogP contribution in [0.3, 0.4) is 0 Å². The second-order valence-corrected chi connectivity index (χ2v) is 8.83. The first-order valence-corrected chi connectivity index (χ1v) is 10.5. The molecule has 1 heterocycles. The van der Waals surface area contributed by atoms with E-state index in [1.165, 1.54) is 36.4 Å². The van der Waals surface area contributed by atoms with Crippen LogP contribution in [-0.2, 0) is 10.0 Å². The topological polar surface area (TPSA) is 75.3 Å². The summed E-state index contributed by atoms with van der Waals surface area (Å²) in [7, 11) is -3.67. The van der Waals surface area contributed by atoms with E-state index in [0.29, 0.717) is 5.69 Å². The van der Waals surface area contributed by atoms with Crippen molar-refractivity contribution in [2.75, 3.05) is 4.72 Å². The Morgan fingerprint density at radius 3 is 2.39 bits per heavy atom. The molecule has 0 fully saturated rings. The summed E-state index contributed by atoms with van der Waals surface area (Å²) in [6.07, 6.45) is 0. The highest BCUT2D eigenvalue weighted by atomic mass is 32.2. The zero-order valence-electron chi connectivity index (χ0n) is 14.6.